The first-order valence-electron chi connectivity index (χ1n) is 6.36. The molecule has 0 spiro atoms. The normalized spacial score (nSPS) is 12.7. The van der Waals surface area contributed by atoms with Crippen LogP contribution in [0.3, 0.4) is 0 Å². The Labute approximate surface area is 113 Å². The van der Waals surface area contributed by atoms with Gasteiger partial charge in [-0.05, 0) is 53.4 Å². The van der Waals surface area contributed by atoms with Gasteiger partial charge in [0.05, 0.1) is 5.56 Å². The lowest BCUT2D eigenvalue weighted by molar-refractivity contribution is 0.0694. The summed E-state index contributed by atoms with van der Waals surface area (Å²) < 4.78 is 1.58. The van der Waals surface area contributed by atoms with Crippen LogP contribution in [0, 0.1) is 13.8 Å². The van der Waals surface area contributed by atoms with Gasteiger partial charge < -0.3 is 14.6 Å². The van der Waals surface area contributed by atoms with Gasteiger partial charge in [-0.3, -0.25) is 4.79 Å². The first kappa shape index (κ1) is 15.4. The monoisotopic (exact) mass is 266 g/mol. The molecule has 0 bridgehead atoms. The molecule has 1 rings (SSSR count). The van der Waals surface area contributed by atoms with Crippen LogP contribution in [0.1, 0.15) is 41.0 Å². The number of aromatic nitrogens is 1. The topological polar surface area (TPSA) is 62.5 Å². The second-order valence-electron chi connectivity index (χ2n) is 5.24. The number of nitrogens with zero attached hydrogens (tertiary/aromatic N) is 2. The fourth-order valence-corrected chi connectivity index (χ4v) is 2.34. The SMILES string of the molecule is Cc1cc(=O)n(C(C)CCN(C)C)c(C)c1C(=O)O. The van der Waals surface area contributed by atoms with Crippen molar-refractivity contribution >= 4 is 5.97 Å². The second-order valence-corrected chi connectivity index (χ2v) is 5.24. The minimum absolute atomic E-state index is 0.0198. The van der Waals surface area contributed by atoms with Gasteiger partial charge in [-0.25, -0.2) is 4.79 Å². The zero-order valence-corrected chi connectivity index (χ0v) is 12.2. The molecule has 19 heavy (non-hydrogen) atoms. The standard InChI is InChI=1S/C14H22N2O3/c1-9-8-12(17)16(10(2)6-7-15(4)5)11(3)13(9)14(18)19/h8,10H,6-7H2,1-5H3,(H,18,19). The highest BCUT2D eigenvalue weighted by molar-refractivity contribution is 5.90. The Bertz CT molecular complexity index is 532. The van der Waals surface area contributed by atoms with Crippen molar-refractivity contribution in [2.24, 2.45) is 0 Å². The first-order valence-corrected chi connectivity index (χ1v) is 6.36. The number of hydrogen-bond donors (Lipinski definition) is 1. The first-order chi connectivity index (χ1) is 8.75. The van der Waals surface area contributed by atoms with E-state index in [1.165, 1.54) is 6.07 Å². The van der Waals surface area contributed by atoms with Crippen LogP contribution < -0.4 is 5.56 Å². The lowest BCUT2D eigenvalue weighted by Gasteiger charge is -2.21. The maximum absolute atomic E-state index is 12.1. The Morgan fingerprint density at radius 3 is 2.47 bits per heavy atom. The van der Waals surface area contributed by atoms with Crippen LogP contribution in [-0.2, 0) is 0 Å². The number of rotatable bonds is 5. The van der Waals surface area contributed by atoms with E-state index in [-0.39, 0.29) is 17.2 Å². The molecule has 1 heterocycles. The predicted molar refractivity (Wildman–Crippen MR) is 75.0 cm³/mol. The molecule has 0 aliphatic heterocycles. The van der Waals surface area contributed by atoms with Crippen LogP contribution in [-0.4, -0.2) is 41.2 Å². The van der Waals surface area contributed by atoms with Crippen molar-refractivity contribution in [3.05, 3.63) is 33.2 Å². The molecule has 1 aromatic heterocycles. The Kier molecular flexibility index (Phi) is 4.89. The van der Waals surface area contributed by atoms with E-state index in [0.717, 1.165) is 13.0 Å². The summed E-state index contributed by atoms with van der Waals surface area (Å²) in [4.78, 5) is 25.4. The Morgan fingerprint density at radius 1 is 1.42 bits per heavy atom. The molecule has 0 saturated carbocycles. The second kappa shape index (κ2) is 6.02. The number of aromatic carboxylic acids is 1. The lowest BCUT2D eigenvalue weighted by Crippen LogP contribution is -2.29. The molecular formula is C14H22N2O3. The van der Waals surface area contributed by atoms with Crippen LogP contribution in [0.2, 0.25) is 0 Å². The van der Waals surface area contributed by atoms with E-state index in [9.17, 15) is 14.7 Å². The van der Waals surface area contributed by atoms with Gasteiger partial charge in [0.15, 0.2) is 0 Å². The number of hydrogen-bond acceptors (Lipinski definition) is 3. The summed E-state index contributed by atoms with van der Waals surface area (Å²) in [5.74, 6) is -0.983. The summed E-state index contributed by atoms with van der Waals surface area (Å²) >= 11 is 0. The zero-order chi connectivity index (χ0) is 14.7. The quantitative estimate of drug-likeness (QED) is 0.880. The Hall–Kier alpha value is -1.62. The molecule has 0 amide bonds. The number of carbonyl (C=O) groups is 1. The third-order valence-electron chi connectivity index (χ3n) is 3.34. The number of carboxylic acid groups (broad SMARTS) is 1. The largest absolute Gasteiger partial charge is 0.478 e. The summed E-state index contributed by atoms with van der Waals surface area (Å²) in [6.07, 6.45) is 0.801. The summed E-state index contributed by atoms with van der Waals surface area (Å²) in [5.41, 5.74) is 1.15. The lowest BCUT2D eigenvalue weighted by atomic mass is 10.1. The number of aryl methyl sites for hydroxylation is 1. The van der Waals surface area contributed by atoms with Crippen LogP contribution in [0.15, 0.2) is 10.9 Å². The third kappa shape index (κ3) is 3.44. The van der Waals surface area contributed by atoms with E-state index in [0.29, 0.717) is 11.3 Å². The van der Waals surface area contributed by atoms with Gasteiger partial charge in [-0.15, -0.1) is 0 Å². The van der Waals surface area contributed by atoms with Crippen LogP contribution in [0.5, 0.6) is 0 Å². The van der Waals surface area contributed by atoms with E-state index in [2.05, 4.69) is 0 Å². The molecule has 0 aliphatic carbocycles. The Balaban J connectivity index is 3.24. The molecule has 1 N–H and O–H groups in total. The average molecular weight is 266 g/mol. The Morgan fingerprint density at radius 2 is 2.00 bits per heavy atom. The third-order valence-corrected chi connectivity index (χ3v) is 3.34. The highest BCUT2D eigenvalue weighted by Crippen LogP contribution is 2.17. The van der Waals surface area contributed by atoms with Crippen molar-refractivity contribution in [2.75, 3.05) is 20.6 Å². The van der Waals surface area contributed by atoms with E-state index >= 15 is 0 Å². The van der Waals surface area contributed by atoms with Crippen molar-refractivity contribution in [3.63, 3.8) is 0 Å². The van der Waals surface area contributed by atoms with Crippen molar-refractivity contribution in [1.29, 1.82) is 0 Å². The van der Waals surface area contributed by atoms with Crippen LogP contribution in [0.25, 0.3) is 0 Å². The van der Waals surface area contributed by atoms with Crippen LogP contribution in [0.4, 0.5) is 0 Å². The molecule has 0 radical (unpaired) electrons. The van der Waals surface area contributed by atoms with E-state index in [4.69, 9.17) is 0 Å². The van der Waals surface area contributed by atoms with Gasteiger partial charge >= 0.3 is 5.97 Å². The zero-order valence-electron chi connectivity index (χ0n) is 12.2. The summed E-state index contributed by atoms with van der Waals surface area (Å²) in [6, 6.07) is 1.39. The summed E-state index contributed by atoms with van der Waals surface area (Å²) in [7, 11) is 3.94. The molecule has 0 fully saturated rings. The maximum atomic E-state index is 12.1. The number of carboxylic acids is 1. The molecule has 5 nitrogen and oxygen atoms in total. The van der Waals surface area contributed by atoms with Crippen molar-refractivity contribution < 1.29 is 9.90 Å². The van der Waals surface area contributed by atoms with Crippen molar-refractivity contribution in [1.82, 2.24) is 9.47 Å². The molecule has 1 atom stereocenters. The fraction of sp³-hybridized carbons (Fsp3) is 0.571. The van der Waals surface area contributed by atoms with Crippen molar-refractivity contribution in [3.8, 4) is 0 Å². The van der Waals surface area contributed by atoms with Gasteiger partial charge in [0.2, 0.25) is 0 Å². The molecule has 0 aliphatic rings. The molecule has 5 heteroatoms. The van der Waals surface area contributed by atoms with Gasteiger partial charge in [-0.1, -0.05) is 0 Å². The molecule has 0 aromatic carbocycles. The molecule has 1 aromatic rings. The maximum Gasteiger partial charge on any atom is 0.337 e. The summed E-state index contributed by atoms with van der Waals surface area (Å²) in [5, 5.41) is 9.24. The minimum Gasteiger partial charge on any atom is -0.478 e. The average Bonchev–Trinajstić information content (AvgIpc) is 2.24. The molecule has 0 saturated heterocycles. The van der Waals surface area contributed by atoms with Crippen molar-refractivity contribution in [2.45, 2.75) is 33.2 Å². The number of pyridine rings is 1. The van der Waals surface area contributed by atoms with Gasteiger partial charge in [0.25, 0.3) is 5.56 Å². The highest BCUT2D eigenvalue weighted by Gasteiger charge is 2.18. The van der Waals surface area contributed by atoms with Crippen LogP contribution >= 0.6 is 0 Å². The van der Waals surface area contributed by atoms with E-state index in [1.54, 1.807) is 18.4 Å². The van der Waals surface area contributed by atoms with Gasteiger partial charge in [0.1, 0.15) is 0 Å². The fourth-order valence-electron chi connectivity index (χ4n) is 2.34. The molecule has 1 unspecified atom stereocenters. The van der Waals surface area contributed by atoms with E-state index < -0.39 is 5.97 Å². The summed E-state index contributed by atoms with van der Waals surface area (Å²) in [6.45, 7) is 6.15. The van der Waals surface area contributed by atoms with E-state index in [1.807, 2.05) is 25.9 Å². The van der Waals surface area contributed by atoms with Gasteiger partial charge in [-0.2, -0.15) is 0 Å². The molecule has 106 valence electrons. The predicted octanol–water partition coefficient (Wildman–Crippen LogP) is 1.68. The molecular weight excluding hydrogens is 244 g/mol. The van der Waals surface area contributed by atoms with Gasteiger partial charge in [0, 0.05) is 17.8 Å². The highest BCUT2D eigenvalue weighted by atomic mass is 16.4. The minimum atomic E-state index is -0.983. The smallest absolute Gasteiger partial charge is 0.337 e.